The van der Waals surface area contributed by atoms with E-state index in [0.717, 1.165) is 0 Å². The van der Waals surface area contributed by atoms with E-state index in [1.807, 2.05) is 0 Å². The molecular weight excluding hydrogens is 445 g/mol. The molecule has 3 N–H and O–H groups in total. The van der Waals surface area contributed by atoms with Gasteiger partial charge in [0.25, 0.3) is 0 Å². The van der Waals surface area contributed by atoms with E-state index in [9.17, 15) is 19.6 Å². The monoisotopic (exact) mass is 473 g/mol. The van der Waals surface area contributed by atoms with Gasteiger partial charge in [-0.2, -0.15) is 0 Å². The minimum atomic E-state index is -3.53. The molecule has 14 heteroatoms. The van der Waals surface area contributed by atoms with E-state index >= 15 is 0 Å². The molecule has 32 heavy (non-hydrogen) atoms. The van der Waals surface area contributed by atoms with Crippen LogP contribution in [0, 0.1) is 5.41 Å². The number of carbonyl (C=O) groups excluding carboxylic acids is 1. The number of anilines is 1. The zero-order valence-electron chi connectivity index (χ0n) is 18.7. The highest BCUT2D eigenvalue weighted by Crippen LogP contribution is 2.48. The number of fused-ring (bicyclic) bond motifs is 1. The van der Waals surface area contributed by atoms with E-state index in [1.165, 1.54) is 38.4 Å². The van der Waals surface area contributed by atoms with Gasteiger partial charge in [0.05, 0.1) is 6.33 Å². The van der Waals surface area contributed by atoms with E-state index < -0.39 is 43.6 Å². The lowest BCUT2D eigenvalue weighted by molar-refractivity contribution is -0.168. The number of ether oxygens (including phenoxy) is 2. The zero-order chi connectivity index (χ0) is 23.9. The second-order valence-corrected chi connectivity index (χ2v) is 10.8. The van der Waals surface area contributed by atoms with Gasteiger partial charge in [-0.3, -0.25) is 13.9 Å². The van der Waals surface area contributed by atoms with E-state index in [2.05, 4.69) is 20.3 Å². The van der Waals surface area contributed by atoms with Crippen LogP contribution in [0.15, 0.2) is 12.7 Å². The van der Waals surface area contributed by atoms with Crippen molar-refractivity contribution in [2.75, 3.05) is 25.9 Å². The summed E-state index contributed by atoms with van der Waals surface area (Å²) in [6.45, 7) is 6.64. The lowest BCUT2D eigenvalue weighted by Crippen LogP contribution is -2.44. The Hall–Kier alpha value is -1.99. The summed E-state index contributed by atoms with van der Waals surface area (Å²) in [5.74, 6) is -0.0680. The number of hydrogen-bond acceptors (Lipinski definition) is 11. The van der Waals surface area contributed by atoms with Crippen molar-refractivity contribution >= 4 is 30.5 Å². The Balaban J connectivity index is 1.89. The van der Waals surface area contributed by atoms with Gasteiger partial charge in [0, 0.05) is 19.6 Å². The molecule has 0 unspecified atom stereocenters. The molecule has 2 aromatic heterocycles. The van der Waals surface area contributed by atoms with Crippen molar-refractivity contribution in [2.45, 2.75) is 51.9 Å². The van der Waals surface area contributed by atoms with Gasteiger partial charge in [-0.25, -0.2) is 15.0 Å². The van der Waals surface area contributed by atoms with E-state index in [4.69, 9.17) is 18.5 Å². The summed E-state index contributed by atoms with van der Waals surface area (Å²) in [5, 5.41) is 24.2. The number of aliphatic hydroxyl groups excluding tert-OH is 1. The van der Waals surface area contributed by atoms with Gasteiger partial charge in [0.1, 0.15) is 18.0 Å². The lowest BCUT2D eigenvalue weighted by atomic mass is 9.96. The first-order valence-electron chi connectivity index (χ1n) is 9.71. The first-order valence-corrected chi connectivity index (χ1v) is 11.4. The second-order valence-electron chi connectivity index (χ2n) is 8.55. The topological polar surface area (TPSA) is 167 Å². The maximum atomic E-state index is 12.4. The molecule has 1 aliphatic rings. The number of aromatic nitrogens is 4. The van der Waals surface area contributed by atoms with Crippen molar-refractivity contribution < 1.29 is 38.1 Å². The fraction of sp³-hybridized carbons (Fsp3) is 0.667. The summed E-state index contributed by atoms with van der Waals surface area (Å²) in [7, 11) is -1.13. The average Bonchev–Trinajstić information content (AvgIpc) is 3.25. The first kappa shape index (κ1) is 24.6. The van der Waals surface area contributed by atoms with Crippen molar-refractivity contribution in [3.05, 3.63) is 12.7 Å². The number of nitrogens with zero attached hydrogens (tertiary/aromatic N) is 4. The molecular formula is C18H28N5O8P. The summed E-state index contributed by atoms with van der Waals surface area (Å²) >= 11 is 0. The van der Waals surface area contributed by atoms with Crippen LogP contribution in [0.25, 0.3) is 11.2 Å². The molecule has 0 bridgehead atoms. The molecule has 1 aliphatic heterocycles. The molecule has 1 saturated heterocycles. The number of aliphatic hydroxyl groups is 2. The molecule has 178 valence electrons. The molecule has 0 saturated carbocycles. The predicted octanol–water partition coefficient (Wildman–Crippen LogP) is 1.24. The molecule has 13 nitrogen and oxygen atoms in total. The Morgan fingerprint density at radius 3 is 2.56 bits per heavy atom. The highest BCUT2D eigenvalue weighted by Gasteiger charge is 2.54. The molecule has 1 fully saturated rings. The lowest BCUT2D eigenvalue weighted by Gasteiger charge is -2.26. The summed E-state index contributed by atoms with van der Waals surface area (Å²) in [4.78, 5) is 24.9. The number of carbonyl (C=O) groups is 1. The third-order valence-electron chi connectivity index (χ3n) is 5.10. The predicted molar refractivity (Wildman–Crippen MR) is 112 cm³/mol. The number of nitrogens with one attached hydrogen (secondary N) is 1. The fourth-order valence-electron chi connectivity index (χ4n) is 2.99. The summed E-state index contributed by atoms with van der Waals surface area (Å²) in [6, 6.07) is 0. The van der Waals surface area contributed by atoms with E-state index in [-0.39, 0.29) is 22.9 Å². The Morgan fingerprint density at radius 2 is 1.97 bits per heavy atom. The van der Waals surface area contributed by atoms with Gasteiger partial charge in [0.2, 0.25) is 5.91 Å². The van der Waals surface area contributed by atoms with Crippen LogP contribution >= 0.6 is 7.60 Å². The summed E-state index contributed by atoms with van der Waals surface area (Å²) < 4.78 is 34.3. The maximum Gasteiger partial charge on any atom is 0.355 e. The van der Waals surface area contributed by atoms with Gasteiger partial charge < -0.3 is 34.1 Å². The van der Waals surface area contributed by atoms with E-state index in [1.54, 1.807) is 20.8 Å². The van der Waals surface area contributed by atoms with Gasteiger partial charge >= 0.3 is 7.60 Å². The van der Waals surface area contributed by atoms with Crippen molar-refractivity contribution in [2.24, 2.45) is 5.41 Å². The Bertz CT molecular complexity index is 1030. The van der Waals surface area contributed by atoms with Crippen molar-refractivity contribution in [3.63, 3.8) is 0 Å². The third kappa shape index (κ3) is 4.55. The molecule has 4 atom stereocenters. The summed E-state index contributed by atoms with van der Waals surface area (Å²) in [5.41, 5.74) is -1.97. The average molecular weight is 473 g/mol. The number of imidazole rings is 1. The molecule has 0 aliphatic carbocycles. The standard InChI is InChI=1S/C18H28N5O8P/c1-17(2,3)15(25)22-12-10-13(20-7-19-12)23(8-21-10)16-18(4,26)11(24)14(31-16)30-9-32(27,28-5)29-6/h7-8,11,14,16,24,26H,9H2,1-6H3,(H,19,20,22,25)/t11-,14+,16-,18-/m1/s1. The van der Waals surface area contributed by atoms with Gasteiger partial charge in [-0.1, -0.05) is 20.8 Å². The largest absolute Gasteiger partial charge is 0.385 e. The van der Waals surface area contributed by atoms with Crippen LogP contribution < -0.4 is 5.32 Å². The van der Waals surface area contributed by atoms with Crippen LogP contribution in [0.4, 0.5) is 5.82 Å². The second kappa shape index (κ2) is 8.75. The highest BCUT2D eigenvalue weighted by atomic mass is 31.2. The van der Waals surface area contributed by atoms with Crippen molar-refractivity contribution in [1.29, 1.82) is 0 Å². The quantitative estimate of drug-likeness (QED) is 0.495. The number of hydrogen-bond donors (Lipinski definition) is 3. The van der Waals surface area contributed by atoms with Gasteiger partial charge in [-0.05, 0) is 6.92 Å². The van der Waals surface area contributed by atoms with Crippen molar-refractivity contribution in [3.8, 4) is 0 Å². The zero-order valence-corrected chi connectivity index (χ0v) is 19.6. The fourth-order valence-corrected chi connectivity index (χ4v) is 3.68. The minimum absolute atomic E-state index is 0.195. The number of amides is 1. The normalized spacial score (nSPS) is 26.6. The first-order chi connectivity index (χ1) is 14.8. The molecule has 1 amide bonds. The Kier molecular flexibility index (Phi) is 6.74. The van der Waals surface area contributed by atoms with E-state index in [0.29, 0.717) is 0 Å². The van der Waals surface area contributed by atoms with Gasteiger partial charge in [0.15, 0.2) is 35.8 Å². The third-order valence-corrected chi connectivity index (χ3v) is 6.68. The van der Waals surface area contributed by atoms with Crippen LogP contribution in [0.2, 0.25) is 0 Å². The molecule has 0 aromatic carbocycles. The SMILES string of the molecule is COP(=O)(CO[C@H]1O[C@@H](n2cnc3c(NC(=O)C(C)(C)C)ncnc32)[C@](C)(O)[C@@H]1O)OC. The van der Waals surface area contributed by atoms with Crippen LogP contribution in [-0.4, -0.2) is 74.2 Å². The Morgan fingerprint density at radius 1 is 1.31 bits per heavy atom. The van der Waals surface area contributed by atoms with Crippen LogP contribution in [-0.2, 0) is 27.9 Å². The van der Waals surface area contributed by atoms with Gasteiger partial charge in [-0.15, -0.1) is 0 Å². The molecule has 0 spiro atoms. The summed E-state index contributed by atoms with van der Waals surface area (Å²) in [6.07, 6.45) is -1.93. The molecule has 2 aromatic rings. The smallest absolute Gasteiger partial charge is 0.355 e. The van der Waals surface area contributed by atoms with Crippen molar-refractivity contribution in [1.82, 2.24) is 19.5 Å². The highest BCUT2D eigenvalue weighted by molar-refractivity contribution is 7.53. The number of rotatable bonds is 7. The molecule has 3 rings (SSSR count). The van der Waals surface area contributed by atoms with Crippen LogP contribution in [0.5, 0.6) is 0 Å². The minimum Gasteiger partial charge on any atom is -0.385 e. The maximum absolute atomic E-state index is 12.4. The Labute approximate surface area is 184 Å². The van der Waals surface area contributed by atoms with Crippen LogP contribution in [0.3, 0.4) is 0 Å². The molecule has 3 heterocycles. The molecule has 0 radical (unpaired) electrons. The van der Waals surface area contributed by atoms with Crippen LogP contribution in [0.1, 0.15) is 33.9 Å².